The van der Waals surface area contributed by atoms with Gasteiger partial charge in [0.1, 0.15) is 17.5 Å². The van der Waals surface area contributed by atoms with Crippen LogP contribution in [0.4, 0.5) is 0 Å². The zero-order chi connectivity index (χ0) is 17.6. The first kappa shape index (κ1) is 17.0. The molecule has 25 heavy (non-hydrogen) atoms. The third-order valence-electron chi connectivity index (χ3n) is 3.60. The first-order chi connectivity index (χ1) is 12.2. The molecule has 7 heteroatoms. The van der Waals surface area contributed by atoms with Crippen molar-refractivity contribution in [3.63, 3.8) is 0 Å². The Hall–Kier alpha value is -2.86. The molecule has 1 atom stereocenters. The molecule has 6 nitrogen and oxygen atoms in total. The number of nitrogens with zero attached hydrogens (tertiary/aromatic N) is 4. The SMILES string of the molecule is CN=CC(C(=N)COc1ccncc1)c1cnc2ccc(Cl)nc2c1. The first-order valence-corrected chi connectivity index (χ1v) is 8.00. The summed E-state index contributed by atoms with van der Waals surface area (Å²) in [6.07, 6.45) is 6.72. The number of ether oxygens (including phenoxy) is 1. The van der Waals surface area contributed by atoms with E-state index in [-0.39, 0.29) is 12.5 Å². The summed E-state index contributed by atoms with van der Waals surface area (Å²) in [5.74, 6) is 0.321. The second-order valence-electron chi connectivity index (χ2n) is 5.32. The molecule has 0 spiro atoms. The van der Waals surface area contributed by atoms with Crippen molar-refractivity contribution in [1.82, 2.24) is 15.0 Å². The molecular weight excluding hydrogens is 338 g/mol. The molecule has 0 aromatic carbocycles. The number of fused-ring (bicyclic) bond motifs is 1. The molecule has 3 aromatic heterocycles. The lowest BCUT2D eigenvalue weighted by Crippen LogP contribution is -2.21. The van der Waals surface area contributed by atoms with E-state index >= 15 is 0 Å². The minimum absolute atomic E-state index is 0.141. The highest BCUT2D eigenvalue weighted by Gasteiger charge is 2.17. The maximum absolute atomic E-state index is 8.38. The molecule has 0 bridgehead atoms. The topological polar surface area (TPSA) is 84.1 Å². The van der Waals surface area contributed by atoms with Crippen molar-refractivity contribution < 1.29 is 4.74 Å². The molecule has 0 radical (unpaired) electrons. The Labute approximate surface area is 150 Å². The van der Waals surface area contributed by atoms with Crippen LogP contribution < -0.4 is 4.74 Å². The third kappa shape index (κ3) is 4.16. The predicted molar refractivity (Wildman–Crippen MR) is 99.2 cm³/mol. The number of halogens is 1. The molecule has 0 saturated heterocycles. The van der Waals surface area contributed by atoms with Gasteiger partial charge in [-0.2, -0.15) is 0 Å². The monoisotopic (exact) mass is 353 g/mol. The molecular formula is C18H16ClN5O. The largest absolute Gasteiger partial charge is 0.488 e. The van der Waals surface area contributed by atoms with E-state index in [2.05, 4.69) is 19.9 Å². The van der Waals surface area contributed by atoms with E-state index in [9.17, 15) is 0 Å². The number of aromatic nitrogens is 3. The van der Waals surface area contributed by atoms with Crippen LogP contribution in [0, 0.1) is 5.41 Å². The van der Waals surface area contributed by atoms with E-state index in [1.165, 1.54) is 0 Å². The van der Waals surface area contributed by atoms with E-state index in [1.807, 2.05) is 12.1 Å². The fourth-order valence-electron chi connectivity index (χ4n) is 2.38. The fourth-order valence-corrected chi connectivity index (χ4v) is 2.53. The van der Waals surface area contributed by atoms with Gasteiger partial charge in [-0.15, -0.1) is 0 Å². The summed E-state index contributed by atoms with van der Waals surface area (Å²) in [5, 5.41) is 8.79. The van der Waals surface area contributed by atoms with Gasteiger partial charge >= 0.3 is 0 Å². The van der Waals surface area contributed by atoms with Crippen LogP contribution in [-0.4, -0.2) is 40.5 Å². The summed E-state index contributed by atoms with van der Waals surface area (Å²) in [6.45, 7) is 0.141. The highest BCUT2D eigenvalue weighted by Crippen LogP contribution is 2.21. The van der Waals surface area contributed by atoms with Gasteiger partial charge < -0.3 is 10.1 Å². The zero-order valence-corrected chi connectivity index (χ0v) is 14.3. The molecule has 3 aromatic rings. The van der Waals surface area contributed by atoms with Crippen LogP contribution in [0.3, 0.4) is 0 Å². The zero-order valence-electron chi connectivity index (χ0n) is 13.6. The van der Waals surface area contributed by atoms with E-state index in [1.54, 1.807) is 50.1 Å². The van der Waals surface area contributed by atoms with Crippen LogP contribution in [-0.2, 0) is 0 Å². The van der Waals surface area contributed by atoms with Crippen LogP contribution in [0.1, 0.15) is 11.5 Å². The Bertz CT molecular complexity index is 914. The Morgan fingerprint density at radius 3 is 2.84 bits per heavy atom. The number of pyridine rings is 3. The Morgan fingerprint density at radius 2 is 2.08 bits per heavy atom. The molecule has 3 heterocycles. The summed E-state index contributed by atoms with van der Waals surface area (Å²) in [4.78, 5) is 16.7. The number of rotatable bonds is 6. The van der Waals surface area contributed by atoms with Crippen molar-refractivity contribution >= 4 is 34.6 Å². The van der Waals surface area contributed by atoms with Gasteiger partial charge in [0.2, 0.25) is 0 Å². The third-order valence-corrected chi connectivity index (χ3v) is 3.81. The molecule has 1 N–H and O–H groups in total. The maximum atomic E-state index is 8.38. The lowest BCUT2D eigenvalue weighted by Gasteiger charge is -2.15. The molecule has 0 amide bonds. The van der Waals surface area contributed by atoms with Gasteiger partial charge in [0.15, 0.2) is 0 Å². The van der Waals surface area contributed by atoms with Crippen molar-refractivity contribution in [2.45, 2.75) is 5.92 Å². The van der Waals surface area contributed by atoms with E-state index in [0.717, 1.165) is 11.1 Å². The van der Waals surface area contributed by atoms with Crippen LogP contribution in [0.15, 0.2) is 53.9 Å². The molecule has 0 aliphatic heterocycles. The molecule has 0 aliphatic rings. The summed E-state index contributed by atoms with van der Waals surface area (Å²) < 4.78 is 5.64. The minimum Gasteiger partial charge on any atom is -0.488 e. The normalized spacial score (nSPS) is 12.4. The van der Waals surface area contributed by atoms with Crippen molar-refractivity contribution in [1.29, 1.82) is 5.41 Å². The van der Waals surface area contributed by atoms with Gasteiger partial charge in [-0.1, -0.05) is 11.6 Å². The second kappa shape index (κ2) is 7.81. The Morgan fingerprint density at radius 1 is 1.28 bits per heavy atom. The summed E-state index contributed by atoms with van der Waals surface area (Å²) in [5.41, 5.74) is 2.61. The quantitative estimate of drug-likeness (QED) is 0.542. The van der Waals surface area contributed by atoms with Crippen molar-refractivity contribution in [3.8, 4) is 5.75 Å². The van der Waals surface area contributed by atoms with E-state index < -0.39 is 0 Å². The lowest BCUT2D eigenvalue weighted by atomic mass is 9.96. The molecule has 126 valence electrons. The average Bonchev–Trinajstić information content (AvgIpc) is 2.64. The summed E-state index contributed by atoms with van der Waals surface area (Å²) in [6, 6.07) is 8.89. The van der Waals surface area contributed by atoms with Crippen LogP contribution in [0.25, 0.3) is 11.0 Å². The van der Waals surface area contributed by atoms with Crippen molar-refractivity contribution in [2.75, 3.05) is 13.7 Å². The van der Waals surface area contributed by atoms with Crippen molar-refractivity contribution in [3.05, 3.63) is 59.6 Å². The lowest BCUT2D eigenvalue weighted by molar-refractivity contribution is 0.373. The molecule has 0 fully saturated rings. The van der Waals surface area contributed by atoms with Crippen molar-refractivity contribution in [2.24, 2.45) is 4.99 Å². The molecule has 0 aliphatic carbocycles. The molecule has 0 saturated carbocycles. The van der Waals surface area contributed by atoms with Crippen LogP contribution in [0.2, 0.25) is 5.15 Å². The van der Waals surface area contributed by atoms with Gasteiger partial charge in [-0.25, -0.2) is 4.98 Å². The highest BCUT2D eigenvalue weighted by molar-refractivity contribution is 6.29. The molecule has 1 unspecified atom stereocenters. The Balaban J connectivity index is 1.83. The van der Waals surface area contributed by atoms with E-state index in [0.29, 0.717) is 22.1 Å². The summed E-state index contributed by atoms with van der Waals surface area (Å²) in [7, 11) is 1.67. The first-order valence-electron chi connectivity index (χ1n) is 7.62. The fraction of sp³-hybridized carbons (Fsp3) is 0.167. The average molecular weight is 354 g/mol. The van der Waals surface area contributed by atoms with Crippen LogP contribution in [0.5, 0.6) is 5.75 Å². The predicted octanol–water partition coefficient (Wildman–Crippen LogP) is 3.56. The number of hydrogen-bond donors (Lipinski definition) is 1. The van der Waals surface area contributed by atoms with Gasteiger partial charge in [0.25, 0.3) is 0 Å². The van der Waals surface area contributed by atoms with Gasteiger partial charge in [-0.3, -0.25) is 15.0 Å². The number of nitrogens with one attached hydrogen (secondary N) is 1. The number of hydrogen-bond acceptors (Lipinski definition) is 6. The minimum atomic E-state index is -0.343. The van der Waals surface area contributed by atoms with Gasteiger partial charge in [0, 0.05) is 31.9 Å². The smallest absolute Gasteiger partial charge is 0.129 e. The summed E-state index contributed by atoms with van der Waals surface area (Å²) >= 11 is 5.96. The Kier molecular flexibility index (Phi) is 5.30. The highest BCUT2D eigenvalue weighted by atomic mass is 35.5. The standard InChI is InChI=1S/C18H16ClN5O/c1-21-10-14(15(20)11-25-13-4-6-22-7-5-13)12-8-17-16(23-9-12)2-3-18(19)24-17/h2-10,14,20H,11H2,1H3. The number of aliphatic imine (C=N–C) groups is 1. The molecule has 3 rings (SSSR count). The van der Waals surface area contributed by atoms with Gasteiger partial charge in [-0.05, 0) is 35.9 Å². The van der Waals surface area contributed by atoms with Gasteiger partial charge in [0.05, 0.1) is 22.7 Å². The van der Waals surface area contributed by atoms with Crippen LogP contribution >= 0.6 is 11.6 Å². The maximum Gasteiger partial charge on any atom is 0.129 e. The van der Waals surface area contributed by atoms with E-state index in [4.69, 9.17) is 21.7 Å². The second-order valence-corrected chi connectivity index (χ2v) is 5.71.